The average molecular weight is 400 g/mol. The minimum Gasteiger partial charge on any atom is -0.416 e. The third-order valence-electron chi connectivity index (χ3n) is 5.30. The van der Waals surface area contributed by atoms with Crippen molar-refractivity contribution in [1.82, 2.24) is 0 Å². The quantitative estimate of drug-likeness (QED) is 0.204. The van der Waals surface area contributed by atoms with E-state index in [0.29, 0.717) is 36.1 Å². The van der Waals surface area contributed by atoms with E-state index >= 15 is 0 Å². The molecule has 0 aliphatic carbocycles. The number of halogens is 2. The fourth-order valence-corrected chi connectivity index (χ4v) is 9.97. The van der Waals surface area contributed by atoms with Crippen LogP contribution in [0.15, 0.2) is 0 Å². The Morgan fingerprint density at radius 3 is 1.83 bits per heavy atom. The van der Waals surface area contributed by atoms with Gasteiger partial charge < -0.3 is 9.53 Å². The number of rotatable bonds is 13. The van der Waals surface area contributed by atoms with Gasteiger partial charge in [0, 0.05) is 6.61 Å². The standard InChI is InChI=1S/C19H40Cl2O2Si/c1-8-9-10-11-13-19(20,21)18(22)12-14-23-24(15(2)3,16(4)5)17(6)7/h15-18,22H,8-14H2,1-7H3/t18-/m1/s1. The third-order valence-corrected chi connectivity index (χ3v) is 12.3. The smallest absolute Gasteiger partial charge is 0.200 e. The summed E-state index contributed by atoms with van der Waals surface area (Å²) in [6, 6.07) is 0. The maximum absolute atomic E-state index is 10.4. The molecule has 5 heteroatoms. The first-order valence-electron chi connectivity index (χ1n) is 9.72. The van der Waals surface area contributed by atoms with E-state index < -0.39 is 18.8 Å². The molecule has 0 rings (SSSR count). The van der Waals surface area contributed by atoms with Gasteiger partial charge in [0.15, 0.2) is 8.32 Å². The number of aliphatic hydroxyl groups excluding tert-OH is 1. The largest absolute Gasteiger partial charge is 0.416 e. The SMILES string of the molecule is CCCCCCC(Cl)(Cl)[C@H](O)CCO[Si](C(C)C)(C(C)C)C(C)C. The lowest BCUT2D eigenvalue weighted by Gasteiger charge is -2.42. The van der Waals surface area contributed by atoms with Crippen LogP contribution in [0.4, 0.5) is 0 Å². The summed E-state index contributed by atoms with van der Waals surface area (Å²) in [6.07, 6.45) is 4.85. The maximum atomic E-state index is 10.4. The molecule has 0 radical (unpaired) electrons. The molecular formula is C19H40Cl2O2Si. The molecule has 0 saturated carbocycles. The Hall–Kier alpha value is 0.717. The van der Waals surface area contributed by atoms with Gasteiger partial charge in [-0.2, -0.15) is 0 Å². The van der Waals surface area contributed by atoms with Gasteiger partial charge in [-0.3, -0.25) is 0 Å². The van der Waals surface area contributed by atoms with Crippen molar-refractivity contribution in [3.05, 3.63) is 0 Å². The van der Waals surface area contributed by atoms with Crippen LogP contribution in [0.5, 0.6) is 0 Å². The van der Waals surface area contributed by atoms with Crippen molar-refractivity contribution >= 4 is 31.5 Å². The van der Waals surface area contributed by atoms with Crippen LogP contribution in [-0.4, -0.2) is 30.5 Å². The highest BCUT2D eigenvalue weighted by atomic mass is 35.5. The Bertz CT molecular complexity index is 312. The summed E-state index contributed by atoms with van der Waals surface area (Å²) in [7, 11) is -1.89. The van der Waals surface area contributed by atoms with E-state index in [2.05, 4.69) is 48.5 Å². The van der Waals surface area contributed by atoms with Crippen LogP contribution in [-0.2, 0) is 4.43 Å². The molecule has 0 aromatic rings. The summed E-state index contributed by atoms with van der Waals surface area (Å²) in [5.74, 6) is 0. The molecule has 0 unspecified atom stereocenters. The minimum absolute atomic E-state index is 0.502. The number of alkyl halides is 2. The summed E-state index contributed by atoms with van der Waals surface area (Å²) < 4.78 is 5.42. The van der Waals surface area contributed by atoms with Crippen LogP contribution in [0, 0.1) is 0 Å². The zero-order valence-corrected chi connectivity index (χ0v) is 19.4. The van der Waals surface area contributed by atoms with Gasteiger partial charge >= 0.3 is 0 Å². The molecule has 0 aromatic carbocycles. The van der Waals surface area contributed by atoms with Crippen molar-refractivity contribution in [3.8, 4) is 0 Å². The minimum atomic E-state index is -1.89. The van der Waals surface area contributed by atoms with Gasteiger partial charge in [-0.05, 0) is 29.5 Å². The summed E-state index contributed by atoms with van der Waals surface area (Å²) in [4.78, 5) is 0. The van der Waals surface area contributed by atoms with Crippen LogP contribution in [0.1, 0.15) is 87.0 Å². The second kappa shape index (κ2) is 11.4. The molecule has 24 heavy (non-hydrogen) atoms. The van der Waals surface area contributed by atoms with Crippen LogP contribution >= 0.6 is 23.2 Å². The Morgan fingerprint density at radius 1 is 0.917 bits per heavy atom. The number of hydrogen-bond donors (Lipinski definition) is 1. The second-order valence-corrected chi connectivity index (χ2v) is 15.0. The molecule has 146 valence electrons. The van der Waals surface area contributed by atoms with Crippen LogP contribution in [0.2, 0.25) is 16.6 Å². The van der Waals surface area contributed by atoms with Crippen molar-refractivity contribution in [2.45, 2.75) is 114 Å². The summed E-state index contributed by atoms with van der Waals surface area (Å²) >= 11 is 12.7. The van der Waals surface area contributed by atoms with Gasteiger partial charge in [0.25, 0.3) is 0 Å². The molecule has 1 N–H and O–H groups in total. The zero-order valence-electron chi connectivity index (χ0n) is 16.9. The van der Waals surface area contributed by atoms with E-state index in [1.807, 2.05) is 0 Å². The molecule has 0 amide bonds. The summed E-state index contributed by atoms with van der Waals surface area (Å²) in [5, 5.41) is 10.4. The van der Waals surface area contributed by atoms with E-state index in [4.69, 9.17) is 27.6 Å². The molecule has 0 aliphatic rings. The second-order valence-electron chi connectivity index (χ2n) is 8.04. The van der Waals surface area contributed by atoms with E-state index in [0.717, 1.165) is 12.8 Å². The lowest BCUT2D eigenvalue weighted by molar-refractivity contribution is 0.115. The van der Waals surface area contributed by atoms with E-state index in [1.54, 1.807) is 0 Å². The predicted octanol–water partition coefficient (Wildman–Crippen LogP) is 7.07. The van der Waals surface area contributed by atoms with E-state index in [9.17, 15) is 5.11 Å². The molecule has 0 fully saturated rings. The normalized spacial score (nSPS) is 14.9. The molecule has 0 aliphatic heterocycles. The fourth-order valence-electron chi connectivity index (χ4n) is 4.01. The first-order chi connectivity index (χ1) is 11.0. The third kappa shape index (κ3) is 7.15. The van der Waals surface area contributed by atoms with Gasteiger partial charge in [-0.1, -0.05) is 97.4 Å². The first kappa shape index (κ1) is 24.7. The predicted molar refractivity (Wildman–Crippen MR) is 111 cm³/mol. The Labute approximate surface area is 161 Å². The van der Waals surface area contributed by atoms with E-state index in [1.165, 1.54) is 12.8 Å². The lowest BCUT2D eigenvalue weighted by atomic mass is 10.1. The van der Waals surface area contributed by atoms with Crippen LogP contribution in [0.25, 0.3) is 0 Å². The van der Waals surface area contributed by atoms with Gasteiger partial charge in [0.05, 0.1) is 6.10 Å². The van der Waals surface area contributed by atoms with Gasteiger partial charge in [0.1, 0.15) is 4.33 Å². The fraction of sp³-hybridized carbons (Fsp3) is 1.00. The topological polar surface area (TPSA) is 29.5 Å². The maximum Gasteiger partial charge on any atom is 0.200 e. The van der Waals surface area contributed by atoms with Crippen molar-refractivity contribution in [2.75, 3.05) is 6.61 Å². The van der Waals surface area contributed by atoms with Crippen LogP contribution in [0.3, 0.4) is 0 Å². The van der Waals surface area contributed by atoms with Crippen molar-refractivity contribution < 1.29 is 9.53 Å². The van der Waals surface area contributed by atoms with Crippen LogP contribution < -0.4 is 0 Å². The summed E-state index contributed by atoms with van der Waals surface area (Å²) in [6.45, 7) is 16.3. The zero-order chi connectivity index (χ0) is 19.0. The lowest BCUT2D eigenvalue weighted by Crippen LogP contribution is -2.48. The number of unbranched alkanes of at least 4 members (excludes halogenated alkanes) is 3. The molecule has 2 nitrogen and oxygen atoms in total. The van der Waals surface area contributed by atoms with Crippen molar-refractivity contribution in [2.24, 2.45) is 0 Å². The van der Waals surface area contributed by atoms with E-state index in [-0.39, 0.29) is 0 Å². The monoisotopic (exact) mass is 398 g/mol. The first-order valence-corrected chi connectivity index (χ1v) is 12.6. The van der Waals surface area contributed by atoms with Gasteiger partial charge in [0.2, 0.25) is 0 Å². The molecule has 0 aromatic heterocycles. The average Bonchev–Trinajstić information content (AvgIpc) is 2.46. The molecule has 1 atom stereocenters. The molecule has 0 bridgehead atoms. The summed E-state index contributed by atoms with van der Waals surface area (Å²) in [5.41, 5.74) is 1.63. The molecule has 0 spiro atoms. The Balaban J connectivity index is 4.59. The number of aliphatic hydroxyl groups is 1. The number of hydrogen-bond acceptors (Lipinski definition) is 2. The highest BCUT2D eigenvalue weighted by Crippen LogP contribution is 2.42. The van der Waals surface area contributed by atoms with Crippen molar-refractivity contribution in [1.29, 1.82) is 0 Å². The molecule has 0 saturated heterocycles. The highest BCUT2D eigenvalue weighted by Gasteiger charge is 2.45. The highest BCUT2D eigenvalue weighted by molar-refractivity contribution is 6.77. The van der Waals surface area contributed by atoms with Gasteiger partial charge in [-0.15, -0.1) is 0 Å². The Morgan fingerprint density at radius 2 is 1.42 bits per heavy atom. The van der Waals surface area contributed by atoms with Crippen molar-refractivity contribution in [3.63, 3.8) is 0 Å². The van der Waals surface area contributed by atoms with Gasteiger partial charge in [-0.25, -0.2) is 0 Å². The molecular weight excluding hydrogens is 359 g/mol. The molecule has 0 heterocycles. The Kier molecular flexibility index (Phi) is 11.8.